The summed E-state index contributed by atoms with van der Waals surface area (Å²) in [5.41, 5.74) is 2.41. The topological polar surface area (TPSA) is 84.5 Å². The van der Waals surface area contributed by atoms with Crippen molar-refractivity contribution in [1.29, 1.82) is 0 Å². The molecule has 1 aromatic carbocycles. The zero-order chi connectivity index (χ0) is 17.0. The fourth-order valence-corrected chi connectivity index (χ4v) is 3.73. The van der Waals surface area contributed by atoms with Gasteiger partial charge in [0.25, 0.3) is 5.91 Å². The van der Waals surface area contributed by atoms with E-state index in [1.54, 1.807) is 0 Å². The van der Waals surface area contributed by atoms with Gasteiger partial charge in [0, 0.05) is 13.2 Å². The highest BCUT2D eigenvalue weighted by molar-refractivity contribution is 7.90. The average Bonchev–Trinajstić information content (AvgIpc) is 2.56. The van der Waals surface area contributed by atoms with E-state index in [1.165, 1.54) is 12.1 Å². The van der Waals surface area contributed by atoms with Crippen molar-refractivity contribution in [2.24, 2.45) is 0 Å². The molecular formula is C14H18ClFN2O4S. The first-order valence-electron chi connectivity index (χ1n) is 7.21. The second kappa shape index (κ2) is 7.57. The van der Waals surface area contributed by atoms with E-state index < -0.39 is 27.0 Å². The number of benzene rings is 1. The Morgan fingerprint density at radius 3 is 2.65 bits per heavy atom. The summed E-state index contributed by atoms with van der Waals surface area (Å²) in [6, 6.07) is 2.78. The lowest BCUT2D eigenvalue weighted by Gasteiger charge is -2.22. The standard InChI is InChI=1S/C14H18ClFN2O4S/c1-2-9-7-11(13(16)12(15)8-9)14(19)17-18-23(20,21)10-3-5-22-6-4-10/h7-8,10,18H,2-6H2,1H3,(H,17,19). The Bertz CT molecular complexity index is 690. The van der Waals surface area contributed by atoms with Crippen molar-refractivity contribution >= 4 is 27.5 Å². The summed E-state index contributed by atoms with van der Waals surface area (Å²) >= 11 is 5.75. The summed E-state index contributed by atoms with van der Waals surface area (Å²) in [7, 11) is -3.74. The van der Waals surface area contributed by atoms with Crippen LogP contribution in [-0.4, -0.2) is 32.8 Å². The van der Waals surface area contributed by atoms with E-state index in [2.05, 4.69) is 0 Å². The minimum atomic E-state index is -3.74. The molecular weight excluding hydrogens is 347 g/mol. The van der Waals surface area contributed by atoms with Crippen molar-refractivity contribution < 1.29 is 22.3 Å². The molecule has 0 aromatic heterocycles. The van der Waals surface area contributed by atoms with Crippen molar-refractivity contribution in [3.05, 3.63) is 34.1 Å². The lowest BCUT2D eigenvalue weighted by molar-refractivity contribution is 0.0934. The monoisotopic (exact) mass is 364 g/mol. The molecule has 0 aliphatic carbocycles. The number of sulfonamides is 1. The number of hydrogen-bond donors (Lipinski definition) is 2. The highest BCUT2D eigenvalue weighted by atomic mass is 35.5. The second-order valence-electron chi connectivity index (χ2n) is 5.21. The van der Waals surface area contributed by atoms with Gasteiger partial charge >= 0.3 is 0 Å². The SMILES string of the molecule is CCc1cc(Cl)c(F)c(C(=O)NNS(=O)(=O)C2CCOCC2)c1. The third kappa shape index (κ3) is 4.41. The number of carbonyl (C=O) groups excluding carboxylic acids is 1. The Morgan fingerprint density at radius 2 is 2.04 bits per heavy atom. The van der Waals surface area contributed by atoms with Gasteiger partial charge in [0.05, 0.1) is 15.8 Å². The molecule has 9 heteroatoms. The number of rotatable bonds is 5. The van der Waals surface area contributed by atoms with Crippen LogP contribution in [0.5, 0.6) is 0 Å². The Kier molecular flexibility index (Phi) is 5.96. The molecule has 1 fully saturated rings. The van der Waals surface area contributed by atoms with Gasteiger partial charge in [0.2, 0.25) is 10.0 Å². The molecule has 0 saturated carbocycles. The molecule has 1 saturated heterocycles. The van der Waals surface area contributed by atoms with Crippen molar-refractivity contribution in [2.75, 3.05) is 13.2 Å². The molecule has 6 nitrogen and oxygen atoms in total. The van der Waals surface area contributed by atoms with E-state index in [0.717, 1.165) is 0 Å². The third-order valence-corrected chi connectivity index (χ3v) is 5.67. The van der Waals surface area contributed by atoms with Crippen LogP contribution in [0.25, 0.3) is 0 Å². The normalized spacial score (nSPS) is 16.3. The average molecular weight is 365 g/mol. The first-order valence-corrected chi connectivity index (χ1v) is 9.14. The molecule has 1 aromatic rings. The number of halogens is 2. The van der Waals surface area contributed by atoms with Crippen molar-refractivity contribution in [3.8, 4) is 0 Å². The minimum absolute atomic E-state index is 0.179. The van der Waals surface area contributed by atoms with Crippen molar-refractivity contribution in [1.82, 2.24) is 10.3 Å². The largest absolute Gasteiger partial charge is 0.381 e. The fourth-order valence-electron chi connectivity index (χ4n) is 2.27. The molecule has 0 bridgehead atoms. The highest BCUT2D eigenvalue weighted by Crippen LogP contribution is 2.21. The van der Waals surface area contributed by atoms with Gasteiger partial charge in [0.1, 0.15) is 0 Å². The van der Waals surface area contributed by atoms with Gasteiger partial charge < -0.3 is 4.74 Å². The van der Waals surface area contributed by atoms with Crippen LogP contribution in [-0.2, 0) is 21.2 Å². The molecule has 23 heavy (non-hydrogen) atoms. The minimum Gasteiger partial charge on any atom is -0.381 e. The number of nitrogens with one attached hydrogen (secondary N) is 2. The van der Waals surface area contributed by atoms with Crippen LogP contribution in [0.15, 0.2) is 12.1 Å². The zero-order valence-corrected chi connectivity index (χ0v) is 14.1. The lowest BCUT2D eigenvalue weighted by Crippen LogP contribution is -2.47. The second-order valence-corrected chi connectivity index (χ2v) is 7.57. The highest BCUT2D eigenvalue weighted by Gasteiger charge is 2.28. The maximum Gasteiger partial charge on any atom is 0.269 e. The summed E-state index contributed by atoms with van der Waals surface area (Å²) in [4.78, 5) is 14.1. The Labute approximate surface area is 139 Å². The molecule has 2 rings (SSSR count). The summed E-state index contributed by atoms with van der Waals surface area (Å²) < 4.78 is 43.2. The van der Waals surface area contributed by atoms with Gasteiger partial charge in [-0.3, -0.25) is 10.2 Å². The summed E-state index contributed by atoms with van der Waals surface area (Å²) in [5, 5.41) is -0.825. The molecule has 0 unspecified atom stereocenters. The van der Waals surface area contributed by atoms with Crippen molar-refractivity contribution in [3.63, 3.8) is 0 Å². The maximum atomic E-state index is 14.0. The molecule has 0 spiro atoms. The first kappa shape index (κ1) is 18.1. The van der Waals surface area contributed by atoms with E-state index in [0.29, 0.717) is 38.0 Å². The number of amides is 1. The Hall–Kier alpha value is -1.22. The lowest BCUT2D eigenvalue weighted by atomic mass is 10.1. The quantitative estimate of drug-likeness (QED) is 0.780. The zero-order valence-electron chi connectivity index (χ0n) is 12.6. The molecule has 1 amide bonds. The van der Waals surface area contributed by atoms with Crippen LogP contribution in [0.4, 0.5) is 4.39 Å². The van der Waals surface area contributed by atoms with Crippen LogP contribution in [0, 0.1) is 5.82 Å². The predicted octanol–water partition coefficient (Wildman–Crippen LogP) is 1.78. The third-order valence-electron chi connectivity index (χ3n) is 3.65. The van der Waals surface area contributed by atoms with Crippen molar-refractivity contribution in [2.45, 2.75) is 31.4 Å². The van der Waals surface area contributed by atoms with Gasteiger partial charge in [-0.05, 0) is 37.0 Å². The van der Waals surface area contributed by atoms with Crippen LogP contribution in [0.3, 0.4) is 0 Å². The maximum absolute atomic E-state index is 14.0. The fraction of sp³-hybridized carbons (Fsp3) is 0.500. The smallest absolute Gasteiger partial charge is 0.269 e. The molecule has 0 radical (unpaired) electrons. The van der Waals surface area contributed by atoms with Gasteiger partial charge in [0.15, 0.2) is 5.82 Å². The van der Waals surface area contributed by atoms with Crippen LogP contribution in [0.2, 0.25) is 5.02 Å². The van der Waals surface area contributed by atoms with Gasteiger partial charge in [-0.2, -0.15) is 0 Å². The molecule has 2 N–H and O–H groups in total. The first-order chi connectivity index (χ1) is 10.8. The number of ether oxygens (including phenoxy) is 1. The van der Waals surface area contributed by atoms with E-state index in [9.17, 15) is 17.6 Å². The van der Waals surface area contributed by atoms with E-state index >= 15 is 0 Å². The molecule has 0 atom stereocenters. The molecule has 1 aliphatic heterocycles. The van der Waals surface area contributed by atoms with E-state index in [-0.39, 0.29) is 10.6 Å². The number of hydrazine groups is 1. The molecule has 128 valence electrons. The summed E-state index contributed by atoms with van der Waals surface area (Å²) in [6.07, 6.45) is 1.25. The predicted molar refractivity (Wildman–Crippen MR) is 84.2 cm³/mol. The van der Waals surface area contributed by atoms with Crippen LogP contribution >= 0.6 is 11.6 Å². The molecule has 1 heterocycles. The van der Waals surface area contributed by atoms with Gasteiger partial charge in [-0.1, -0.05) is 18.5 Å². The summed E-state index contributed by atoms with van der Waals surface area (Å²) in [5.74, 6) is -1.78. The number of aryl methyl sites for hydroxylation is 1. The number of carbonyl (C=O) groups is 1. The van der Waals surface area contributed by atoms with Gasteiger partial charge in [-0.15, -0.1) is 4.83 Å². The Balaban J connectivity index is 2.09. The summed E-state index contributed by atoms with van der Waals surface area (Å²) in [6.45, 7) is 2.53. The molecule has 1 aliphatic rings. The van der Waals surface area contributed by atoms with Crippen LogP contribution < -0.4 is 10.3 Å². The number of hydrogen-bond acceptors (Lipinski definition) is 4. The van der Waals surface area contributed by atoms with E-state index in [1.807, 2.05) is 17.2 Å². The van der Waals surface area contributed by atoms with Crippen LogP contribution in [0.1, 0.15) is 35.7 Å². The van der Waals surface area contributed by atoms with Gasteiger partial charge in [-0.25, -0.2) is 12.8 Å². The Morgan fingerprint density at radius 1 is 1.39 bits per heavy atom. The van der Waals surface area contributed by atoms with E-state index in [4.69, 9.17) is 16.3 Å².